The van der Waals surface area contributed by atoms with Crippen molar-refractivity contribution < 1.29 is 5.11 Å². The fraction of sp³-hybridized carbons (Fsp3) is 0.250. The number of nitrogens with one attached hydrogen (secondary N) is 1. The quantitative estimate of drug-likeness (QED) is 0.790. The van der Waals surface area contributed by atoms with Crippen molar-refractivity contribution in [3.63, 3.8) is 0 Å². The Labute approximate surface area is 107 Å². The first-order valence-corrected chi connectivity index (χ1v) is 6.40. The lowest BCUT2D eigenvalue weighted by Crippen LogP contribution is -2.36. The van der Waals surface area contributed by atoms with Crippen molar-refractivity contribution in [2.24, 2.45) is 0 Å². The molecule has 2 aromatic carbocycles. The van der Waals surface area contributed by atoms with Crippen LogP contribution in [0.3, 0.4) is 0 Å². The molecule has 3 rings (SSSR count). The van der Waals surface area contributed by atoms with Crippen LogP contribution in [0.1, 0.15) is 18.1 Å². The minimum atomic E-state index is -0.457. The number of fused-ring (bicyclic) bond motifs is 1. The highest BCUT2D eigenvalue weighted by Gasteiger charge is 2.21. The number of hydrogen-bond acceptors (Lipinski definition) is 2. The first-order valence-electron chi connectivity index (χ1n) is 6.40. The van der Waals surface area contributed by atoms with Crippen molar-refractivity contribution in [2.45, 2.75) is 18.6 Å². The summed E-state index contributed by atoms with van der Waals surface area (Å²) >= 11 is 0. The van der Waals surface area contributed by atoms with Gasteiger partial charge in [0.2, 0.25) is 0 Å². The average Bonchev–Trinajstić information content (AvgIpc) is 2.47. The second kappa shape index (κ2) is 4.92. The number of rotatable bonds is 2. The van der Waals surface area contributed by atoms with E-state index < -0.39 is 6.10 Å². The minimum absolute atomic E-state index is 0.112. The monoisotopic (exact) mass is 239 g/mol. The summed E-state index contributed by atoms with van der Waals surface area (Å²) in [5.74, 6) is 0. The van der Waals surface area contributed by atoms with Crippen molar-refractivity contribution in [2.75, 3.05) is 6.54 Å². The number of hydrogen-bond donors (Lipinski definition) is 2. The Bertz CT molecular complexity index is 571. The van der Waals surface area contributed by atoms with Crippen LogP contribution < -0.4 is 5.32 Å². The van der Waals surface area contributed by atoms with Gasteiger partial charge in [0.15, 0.2) is 0 Å². The number of aliphatic hydroxyl groups is 1. The highest BCUT2D eigenvalue weighted by molar-refractivity contribution is 5.86. The fourth-order valence-corrected chi connectivity index (χ4v) is 2.59. The van der Waals surface area contributed by atoms with Crippen LogP contribution in [-0.2, 0) is 0 Å². The molecule has 2 N–H and O–H groups in total. The summed E-state index contributed by atoms with van der Waals surface area (Å²) in [5, 5.41) is 16.2. The van der Waals surface area contributed by atoms with Gasteiger partial charge in [-0.15, -0.1) is 0 Å². The first kappa shape index (κ1) is 11.5. The van der Waals surface area contributed by atoms with Crippen molar-refractivity contribution in [3.8, 4) is 0 Å². The average molecular weight is 239 g/mol. The Hall–Kier alpha value is -1.64. The summed E-state index contributed by atoms with van der Waals surface area (Å²) in [6, 6.07) is 14.4. The molecule has 2 aromatic rings. The van der Waals surface area contributed by atoms with E-state index in [4.69, 9.17) is 0 Å². The van der Waals surface area contributed by atoms with Crippen LogP contribution in [0, 0.1) is 0 Å². The summed E-state index contributed by atoms with van der Waals surface area (Å²) in [6.07, 6.45) is 4.66. The van der Waals surface area contributed by atoms with Crippen LogP contribution in [0.4, 0.5) is 0 Å². The molecule has 2 atom stereocenters. The van der Waals surface area contributed by atoms with Gasteiger partial charge in [-0.1, -0.05) is 54.6 Å². The molecule has 2 heteroatoms. The van der Waals surface area contributed by atoms with E-state index in [1.54, 1.807) is 0 Å². The Morgan fingerprint density at radius 1 is 1.06 bits per heavy atom. The van der Waals surface area contributed by atoms with E-state index in [2.05, 4.69) is 35.7 Å². The molecule has 0 radical (unpaired) electrons. The van der Waals surface area contributed by atoms with E-state index >= 15 is 0 Å². The molecule has 0 aliphatic carbocycles. The van der Waals surface area contributed by atoms with Crippen molar-refractivity contribution in [1.82, 2.24) is 5.32 Å². The SMILES string of the molecule is O[C@@H](c1cccc2ccccc12)[C@H]1CC=CCN1. The minimum Gasteiger partial charge on any atom is -0.387 e. The Kier molecular flexibility index (Phi) is 3.13. The summed E-state index contributed by atoms with van der Waals surface area (Å²) < 4.78 is 0. The Balaban J connectivity index is 2.00. The molecule has 92 valence electrons. The predicted octanol–water partition coefficient (Wildman–Crippen LogP) is 2.79. The number of aliphatic hydroxyl groups excluding tert-OH is 1. The summed E-state index contributed by atoms with van der Waals surface area (Å²) in [7, 11) is 0. The summed E-state index contributed by atoms with van der Waals surface area (Å²) in [6.45, 7) is 0.840. The van der Waals surface area contributed by atoms with Crippen LogP contribution in [-0.4, -0.2) is 17.7 Å². The van der Waals surface area contributed by atoms with Crippen LogP contribution in [0.25, 0.3) is 10.8 Å². The lowest BCUT2D eigenvalue weighted by molar-refractivity contribution is 0.130. The molecular weight excluding hydrogens is 222 g/mol. The second-order valence-corrected chi connectivity index (χ2v) is 4.74. The predicted molar refractivity (Wildman–Crippen MR) is 74.5 cm³/mol. The molecule has 0 unspecified atom stereocenters. The third-order valence-corrected chi connectivity index (χ3v) is 3.58. The molecule has 2 nitrogen and oxygen atoms in total. The van der Waals surface area contributed by atoms with Crippen molar-refractivity contribution in [3.05, 3.63) is 60.2 Å². The molecule has 0 saturated heterocycles. The maximum atomic E-state index is 10.5. The number of benzene rings is 2. The van der Waals surface area contributed by atoms with Crippen LogP contribution in [0.2, 0.25) is 0 Å². The van der Waals surface area contributed by atoms with Gasteiger partial charge < -0.3 is 10.4 Å². The second-order valence-electron chi connectivity index (χ2n) is 4.74. The molecule has 0 spiro atoms. The molecule has 0 saturated carbocycles. The van der Waals surface area contributed by atoms with Gasteiger partial charge in [0.05, 0.1) is 6.10 Å². The molecule has 0 bridgehead atoms. The molecule has 1 aliphatic rings. The normalized spacial score (nSPS) is 21.1. The molecular formula is C16H17NO. The third kappa shape index (κ3) is 2.05. The molecule has 1 heterocycles. The lowest BCUT2D eigenvalue weighted by Gasteiger charge is -2.26. The van der Waals surface area contributed by atoms with Gasteiger partial charge in [-0.3, -0.25) is 0 Å². The molecule has 1 aliphatic heterocycles. The topological polar surface area (TPSA) is 32.3 Å². The fourth-order valence-electron chi connectivity index (χ4n) is 2.59. The van der Waals surface area contributed by atoms with E-state index in [0.717, 1.165) is 23.9 Å². The Morgan fingerprint density at radius 3 is 2.72 bits per heavy atom. The lowest BCUT2D eigenvalue weighted by atomic mass is 9.93. The van der Waals surface area contributed by atoms with Gasteiger partial charge in [0, 0.05) is 12.6 Å². The molecule has 18 heavy (non-hydrogen) atoms. The van der Waals surface area contributed by atoms with Crippen LogP contribution >= 0.6 is 0 Å². The van der Waals surface area contributed by atoms with E-state index in [-0.39, 0.29) is 6.04 Å². The maximum Gasteiger partial charge on any atom is 0.0952 e. The Morgan fingerprint density at radius 2 is 1.89 bits per heavy atom. The van der Waals surface area contributed by atoms with E-state index in [9.17, 15) is 5.11 Å². The highest BCUT2D eigenvalue weighted by Crippen LogP contribution is 2.27. The van der Waals surface area contributed by atoms with Gasteiger partial charge in [0.1, 0.15) is 0 Å². The van der Waals surface area contributed by atoms with E-state index in [1.165, 1.54) is 5.39 Å². The van der Waals surface area contributed by atoms with Gasteiger partial charge in [0.25, 0.3) is 0 Å². The smallest absolute Gasteiger partial charge is 0.0952 e. The third-order valence-electron chi connectivity index (χ3n) is 3.58. The van der Waals surface area contributed by atoms with E-state index in [0.29, 0.717) is 0 Å². The zero-order valence-corrected chi connectivity index (χ0v) is 10.2. The van der Waals surface area contributed by atoms with Crippen LogP contribution in [0.5, 0.6) is 0 Å². The highest BCUT2D eigenvalue weighted by atomic mass is 16.3. The first-order chi connectivity index (χ1) is 8.86. The standard InChI is InChI=1S/C16H17NO/c18-16(15-10-3-4-11-17-15)14-9-5-7-12-6-1-2-8-13(12)14/h1-9,15-18H,10-11H2/t15-,16+/m1/s1. The zero-order chi connectivity index (χ0) is 12.4. The summed E-state index contributed by atoms with van der Waals surface area (Å²) in [4.78, 5) is 0. The summed E-state index contributed by atoms with van der Waals surface area (Å²) in [5.41, 5.74) is 1.01. The van der Waals surface area contributed by atoms with Gasteiger partial charge >= 0.3 is 0 Å². The van der Waals surface area contributed by atoms with Gasteiger partial charge in [-0.05, 0) is 22.8 Å². The largest absolute Gasteiger partial charge is 0.387 e. The van der Waals surface area contributed by atoms with E-state index in [1.807, 2.05) is 24.3 Å². The van der Waals surface area contributed by atoms with Gasteiger partial charge in [-0.2, -0.15) is 0 Å². The molecule has 0 amide bonds. The maximum absolute atomic E-state index is 10.5. The van der Waals surface area contributed by atoms with Crippen LogP contribution in [0.15, 0.2) is 54.6 Å². The van der Waals surface area contributed by atoms with Crippen molar-refractivity contribution in [1.29, 1.82) is 0 Å². The molecule has 0 aromatic heterocycles. The van der Waals surface area contributed by atoms with Gasteiger partial charge in [-0.25, -0.2) is 0 Å². The van der Waals surface area contributed by atoms with Crippen molar-refractivity contribution >= 4 is 10.8 Å². The zero-order valence-electron chi connectivity index (χ0n) is 10.2. The molecule has 0 fully saturated rings.